The monoisotopic (exact) mass is 516 g/mol. The summed E-state index contributed by atoms with van der Waals surface area (Å²) in [7, 11) is 0. The summed E-state index contributed by atoms with van der Waals surface area (Å²) in [6.45, 7) is 6.00. The van der Waals surface area contributed by atoms with Crippen molar-refractivity contribution < 1.29 is 14.3 Å². The van der Waals surface area contributed by atoms with Gasteiger partial charge < -0.3 is 21.1 Å². The molecule has 0 bridgehead atoms. The predicted molar refractivity (Wildman–Crippen MR) is 145 cm³/mol. The van der Waals surface area contributed by atoms with Crippen molar-refractivity contribution in [2.45, 2.75) is 58.3 Å². The van der Waals surface area contributed by atoms with E-state index in [9.17, 15) is 14.4 Å². The van der Waals surface area contributed by atoms with Gasteiger partial charge in [0.2, 0.25) is 5.91 Å². The Balaban J connectivity index is 1.37. The Morgan fingerprint density at radius 3 is 2.45 bits per heavy atom. The number of nitrogens with one attached hydrogen (secondary N) is 2. The van der Waals surface area contributed by atoms with Crippen LogP contribution in [-0.2, 0) is 29.0 Å². The van der Waals surface area contributed by atoms with Gasteiger partial charge in [-0.3, -0.25) is 14.2 Å². The Morgan fingerprint density at radius 1 is 1.08 bits per heavy atom. The lowest BCUT2D eigenvalue weighted by molar-refractivity contribution is -0.124. The zero-order valence-corrected chi connectivity index (χ0v) is 21.7. The van der Waals surface area contributed by atoms with E-state index in [4.69, 9.17) is 10.5 Å². The number of carbonyl (C=O) groups is 2. The minimum Gasteiger partial charge on any atom is -0.442 e. The third-order valence-electron chi connectivity index (χ3n) is 5.97. The largest absolute Gasteiger partial charge is 0.442 e. The summed E-state index contributed by atoms with van der Waals surface area (Å²) in [4.78, 5) is 46.2. The van der Waals surface area contributed by atoms with E-state index in [1.165, 1.54) is 10.8 Å². The number of nitrogens with zero attached hydrogens (tertiary/aromatic N) is 3. The van der Waals surface area contributed by atoms with Crippen molar-refractivity contribution >= 4 is 23.5 Å². The van der Waals surface area contributed by atoms with Crippen molar-refractivity contribution in [1.29, 1.82) is 0 Å². The van der Waals surface area contributed by atoms with Crippen molar-refractivity contribution in [3.63, 3.8) is 0 Å². The predicted octanol–water partition coefficient (Wildman–Crippen LogP) is 3.30. The SMILES string of the molecule is CC(C)(C)OC(=O)/N=C(/N)c1ccc(CNC(=O)[C@@H]2CCc3ncc(NCc4ccccc4)c(=O)n32)cc1. The molecule has 1 aliphatic heterocycles. The minimum atomic E-state index is -0.758. The Kier molecular flexibility index (Phi) is 7.90. The smallest absolute Gasteiger partial charge is 0.436 e. The fourth-order valence-corrected chi connectivity index (χ4v) is 4.12. The molecule has 10 heteroatoms. The van der Waals surface area contributed by atoms with Crippen molar-refractivity contribution in [1.82, 2.24) is 14.9 Å². The van der Waals surface area contributed by atoms with E-state index in [-0.39, 0.29) is 23.8 Å². The number of hydrogen-bond donors (Lipinski definition) is 3. The Morgan fingerprint density at radius 2 is 1.76 bits per heavy atom. The molecule has 4 rings (SSSR count). The van der Waals surface area contributed by atoms with Crippen LogP contribution in [-0.4, -0.2) is 33.0 Å². The number of rotatable bonds is 7. The van der Waals surface area contributed by atoms with Gasteiger partial charge >= 0.3 is 6.09 Å². The van der Waals surface area contributed by atoms with Crippen LogP contribution in [0.1, 0.15) is 55.7 Å². The summed E-state index contributed by atoms with van der Waals surface area (Å²) in [5.74, 6) is 0.397. The standard InChI is InChI=1S/C28H32N6O4/c1-28(2,3)38-27(37)33-24(29)20-11-9-19(10-12-20)16-32-25(35)22-13-14-23-31-17-21(26(36)34(22)23)30-15-18-7-5-4-6-8-18/h4-12,17,22,30H,13-16H2,1-3H3,(H,32,35)(H2,29,33,37)/t22-/m0/s1. The highest BCUT2D eigenvalue weighted by Crippen LogP contribution is 2.23. The van der Waals surface area contributed by atoms with Crippen LogP contribution in [0.5, 0.6) is 0 Å². The molecule has 1 aromatic heterocycles. The maximum absolute atomic E-state index is 13.1. The second-order valence-electron chi connectivity index (χ2n) is 10.0. The zero-order valence-electron chi connectivity index (χ0n) is 21.7. The molecule has 38 heavy (non-hydrogen) atoms. The molecule has 1 aliphatic rings. The molecule has 0 unspecified atom stereocenters. The second-order valence-corrected chi connectivity index (χ2v) is 10.0. The number of nitrogens with two attached hydrogens (primary N) is 1. The van der Waals surface area contributed by atoms with Gasteiger partial charge in [0, 0.05) is 25.1 Å². The summed E-state index contributed by atoms with van der Waals surface area (Å²) in [6, 6.07) is 16.1. The van der Waals surface area contributed by atoms with Gasteiger partial charge in [0.05, 0.1) is 6.20 Å². The third kappa shape index (κ3) is 6.64. The van der Waals surface area contributed by atoms with Gasteiger partial charge in [0.1, 0.15) is 29.0 Å². The number of amidine groups is 1. The number of aromatic nitrogens is 2. The van der Waals surface area contributed by atoms with E-state index >= 15 is 0 Å². The molecule has 2 aromatic carbocycles. The molecule has 3 aromatic rings. The van der Waals surface area contributed by atoms with E-state index in [1.807, 2.05) is 30.3 Å². The summed E-state index contributed by atoms with van der Waals surface area (Å²) >= 11 is 0. The number of aryl methyl sites for hydroxylation is 1. The lowest BCUT2D eigenvalue weighted by Crippen LogP contribution is -2.36. The highest BCUT2D eigenvalue weighted by atomic mass is 16.6. The fraction of sp³-hybridized carbons (Fsp3) is 0.321. The molecule has 4 N–H and O–H groups in total. The number of amides is 2. The Hall–Kier alpha value is -4.47. The summed E-state index contributed by atoms with van der Waals surface area (Å²) in [6.07, 6.45) is 1.84. The number of anilines is 1. The maximum Gasteiger partial charge on any atom is 0.436 e. The number of ether oxygens (including phenoxy) is 1. The first-order chi connectivity index (χ1) is 18.1. The molecule has 198 valence electrons. The first-order valence-corrected chi connectivity index (χ1v) is 12.4. The van der Waals surface area contributed by atoms with Gasteiger partial charge in [0.15, 0.2) is 0 Å². The van der Waals surface area contributed by atoms with Gasteiger partial charge in [-0.15, -0.1) is 0 Å². The second kappa shape index (κ2) is 11.3. The van der Waals surface area contributed by atoms with Gasteiger partial charge in [0.25, 0.3) is 5.56 Å². The van der Waals surface area contributed by atoms with E-state index in [0.29, 0.717) is 36.5 Å². The van der Waals surface area contributed by atoms with Crippen LogP contribution < -0.4 is 21.9 Å². The Bertz CT molecular complexity index is 1390. The van der Waals surface area contributed by atoms with Crippen LogP contribution in [0, 0.1) is 0 Å². The minimum absolute atomic E-state index is 0.0425. The van der Waals surface area contributed by atoms with E-state index < -0.39 is 17.7 Å². The number of carbonyl (C=O) groups excluding carboxylic acids is 2. The van der Waals surface area contributed by atoms with Crippen molar-refractivity contribution in [3.05, 3.63) is 93.7 Å². The molecule has 0 radical (unpaired) electrons. The normalized spacial score (nSPS) is 15.0. The zero-order chi connectivity index (χ0) is 27.3. The summed E-state index contributed by atoms with van der Waals surface area (Å²) in [5.41, 5.74) is 7.80. The van der Waals surface area contributed by atoms with E-state index in [2.05, 4.69) is 20.6 Å². The van der Waals surface area contributed by atoms with Crippen molar-refractivity contribution in [2.75, 3.05) is 5.32 Å². The molecule has 0 spiro atoms. The van der Waals surface area contributed by atoms with Crippen LogP contribution in [0.2, 0.25) is 0 Å². The molecule has 2 heterocycles. The van der Waals surface area contributed by atoms with Crippen LogP contribution in [0.15, 0.2) is 70.6 Å². The molecule has 0 saturated heterocycles. The average molecular weight is 517 g/mol. The van der Waals surface area contributed by atoms with Gasteiger partial charge in [-0.25, -0.2) is 9.78 Å². The average Bonchev–Trinajstić information content (AvgIpc) is 3.32. The maximum atomic E-state index is 13.1. The molecular formula is C28H32N6O4. The molecule has 0 saturated carbocycles. The van der Waals surface area contributed by atoms with Crippen molar-refractivity contribution in [3.8, 4) is 0 Å². The molecular weight excluding hydrogens is 484 g/mol. The Labute approximate surface area is 221 Å². The lowest BCUT2D eigenvalue weighted by atomic mass is 10.1. The molecule has 1 atom stereocenters. The van der Waals surface area contributed by atoms with Crippen LogP contribution in [0.25, 0.3) is 0 Å². The molecule has 0 fully saturated rings. The van der Waals surface area contributed by atoms with Gasteiger partial charge in [-0.2, -0.15) is 4.99 Å². The number of aliphatic imine (C=N–C) groups is 1. The molecule has 0 aliphatic carbocycles. The highest BCUT2D eigenvalue weighted by molar-refractivity contribution is 6.02. The van der Waals surface area contributed by atoms with Gasteiger partial charge in [-0.05, 0) is 38.3 Å². The third-order valence-corrected chi connectivity index (χ3v) is 5.97. The lowest BCUT2D eigenvalue weighted by Gasteiger charge is -2.17. The van der Waals surface area contributed by atoms with Crippen LogP contribution in [0.3, 0.4) is 0 Å². The summed E-state index contributed by atoms with van der Waals surface area (Å²) < 4.78 is 6.64. The first-order valence-electron chi connectivity index (χ1n) is 12.4. The number of fused-ring (bicyclic) bond motifs is 1. The topological polar surface area (TPSA) is 141 Å². The highest BCUT2D eigenvalue weighted by Gasteiger charge is 2.31. The van der Waals surface area contributed by atoms with Crippen LogP contribution in [0.4, 0.5) is 10.5 Å². The van der Waals surface area contributed by atoms with Crippen LogP contribution >= 0.6 is 0 Å². The number of hydrogen-bond acceptors (Lipinski definition) is 6. The summed E-state index contributed by atoms with van der Waals surface area (Å²) in [5, 5.41) is 6.05. The van der Waals surface area contributed by atoms with E-state index in [0.717, 1.165) is 11.1 Å². The molecule has 10 nitrogen and oxygen atoms in total. The first kappa shape index (κ1) is 26.6. The fourth-order valence-electron chi connectivity index (χ4n) is 4.12. The van der Waals surface area contributed by atoms with Crippen molar-refractivity contribution in [2.24, 2.45) is 10.7 Å². The number of benzene rings is 2. The van der Waals surface area contributed by atoms with E-state index in [1.54, 1.807) is 45.0 Å². The quantitative estimate of drug-likeness (QED) is 0.323. The van der Waals surface area contributed by atoms with Gasteiger partial charge in [-0.1, -0.05) is 54.6 Å². The molecule has 2 amide bonds.